The van der Waals surface area contributed by atoms with Gasteiger partial charge in [-0.1, -0.05) is 0 Å². The Morgan fingerprint density at radius 1 is 1.40 bits per heavy atom. The van der Waals surface area contributed by atoms with Gasteiger partial charge in [-0.2, -0.15) is 0 Å². The maximum absolute atomic E-state index is 4.12. The first-order valence-electron chi connectivity index (χ1n) is 5.28. The first-order valence-corrected chi connectivity index (χ1v) is 5.28. The summed E-state index contributed by atoms with van der Waals surface area (Å²) >= 11 is 0. The van der Waals surface area contributed by atoms with E-state index in [0.717, 1.165) is 30.5 Å². The van der Waals surface area contributed by atoms with Gasteiger partial charge in [-0.25, -0.2) is 4.98 Å². The molecule has 0 radical (unpaired) electrons. The van der Waals surface area contributed by atoms with Gasteiger partial charge in [0.15, 0.2) is 11.5 Å². The molecule has 3 rings (SSSR count). The Bertz CT molecular complexity index is 460. The van der Waals surface area contributed by atoms with Crippen LogP contribution in [-0.2, 0) is 6.54 Å². The van der Waals surface area contributed by atoms with E-state index < -0.39 is 0 Å². The predicted octanol–water partition coefficient (Wildman–Crippen LogP) is 0.624. The highest BCUT2D eigenvalue weighted by Gasteiger charge is 2.20. The molecule has 15 heavy (non-hydrogen) atoms. The van der Waals surface area contributed by atoms with Crippen molar-refractivity contribution in [3.8, 4) is 0 Å². The first-order chi connectivity index (χ1) is 7.43. The summed E-state index contributed by atoms with van der Waals surface area (Å²) in [5.74, 6) is 1.82. The van der Waals surface area contributed by atoms with Crippen molar-refractivity contribution in [1.29, 1.82) is 0 Å². The standard InChI is InChI=1S/C10H13N5/c1-2-8(1)5-12-6-10-14-13-9-3-4-11-7-15(9)10/h3-4,7-8,12H,1-2,5-6H2. The van der Waals surface area contributed by atoms with Crippen molar-refractivity contribution in [2.75, 3.05) is 6.54 Å². The third-order valence-electron chi connectivity index (χ3n) is 2.70. The molecule has 78 valence electrons. The SMILES string of the molecule is c1cc2nnc(CNCC3CC3)n2cn1. The third kappa shape index (κ3) is 1.83. The van der Waals surface area contributed by atoms with Crippen molar-refractivity contribution < 1.29 is 0 Å². The molecule has 0 amide bonds. The molecule has 0 aromatic carbocycles. The van der Waals surface area contributed by atoms with Crippen molar-refractivity contribution in [1.82, 2.24) is 24.9 Å². The van der Waals surface area contributed by atoms with Crippen LogP contribution in [0.2, 0.25) is 0 Å². The summed E-state index contributed by atoms with van der Waals surface area (Å²) in [6.45, 7) is 1.86. The Labute approximate surface area is 87.5 Å². The van der Waals surface area contributed by atoms with Gasteiger partial charge in [-0.15, -0.1) is 10.2 Å². The highest BCUT2D eigenvalue weighted by atomic mass is 15.3. The highest BCUT2D eigenvalue weighted by Crippen LogP contribution is 2.27. The van der Waals surface area contributed by atoms with E-state index in [1.165, 1.54) is 12.8 Å². The fraction of sp³-hybridized carbons (Fsp3) is 0.500. The fourth-order valence-corrected chi connectivity index (χ4v) is 1.62. The molecule has 2 heterocycles. The van der Waals surface area contributed by atoms with Gasteiger partial charge in [0.25, 0.3) is 0 Å². The number of aromatic nitrogens is 4. The molecule has 0 atom stereocenters. The van der Waals surface area contributed by atoms with Crippen LogP contribution >= 0.6 is 0 Å². The lowest BCUT2D eigenvalue weighted by atomic mass is 10.4. The van der Waals surface area contributed by atoms with Crippen LogP contribution in [0.25, 0.3) is 5.65 Å². The Morgan fingerprint density at radius 2 is 2.33 bits per heavy atom. The molecule has 0 spiro atoms. The number of rotatable bonds is 4. The summed E-state index contributed by atoms with van der Waals surface area (Å²) < 4.78 is 1.92. The number of hydrogen-bond acceptors (Lipinski definition) is 4. The lowest BCUT2D eigenvalue weighted by Gasteiger charge is -2.01. The smallest absolute Gasteiger partial charge is 0.163 e. The predicted molar refractivity (Wildman–Crippen MR) is 55.2 cm³/mol. The van der Waals surface area contributed by atoms with Crippen LogP contribution in [0.15, 0.2) is 18.6 Å². The zero-order chi connectivity index (χ0) is 10.1. The van der Waals surface area contributed by atoms with Crippen molar-refractivity contribution in [2.45, 2.75) is 19.4 Å². The molecule has 0 bridgehead atoms. The Hall–Kier alpha value is -1.49. The molecule has 2 aromatic heterocycles. The van der Waals surface area contributed by atoms with E-state index in [1.54, 1.807) is 12.5 Å². The van der Waals surface area contributed by atoms with Gasteiger partial charge in [0.2, 0.25) is 0 Å². The van der Waals surface area contributed by atoms with E-state index in [-0.39, 0.29) is 0 Å². The molecule has 5 heteroatoms. The van der Waals surface area contributed by atoms with E-state index in [4.69, 9.17) is 0 Å². The summed E-state index contributed by atoms with van der Waals surface area (Å²) in [6.07, 6.45) is 6.22. The maximum atomic E-state index is 4.12. The summed E-state index contributed by atoms with van der Waals surface area (Å²) in [6, 6.07) is 1.86. The molecule has 1 saturated carbocycles. The monoisotopic (exact) mass is 203 g/mol. The van der Waals surface area contributed by atoms with Crippen molar-refractivity contribution in [3.63, 3.8) is 0 Å². The van der Waals surface area contributed by atoms with Crippen LogP contribution in [0, 0.1) is 5.92 Å². The van der Waals surface area contributed by atoms with E-state index in [1.807, 2.05) is 10.5 Å². The average Bonchev–Trinajstić information content (AvgIpc) is 3.00. The van der Waals surface area contributed by atoms with E-state index >= 15 is 0 Å². The molecule has 0 aliphatic heterocycles. The molecule has 0 saturated heterocycles. The van der Waals surface area contributed by atoms with Crippen molar-refractivity contribution >= 4 is 5.65 Å². The molecule has 1 N–H and O–H groups in total. The van der Waals surface area contributed by atoms with Gasteiger partial charge in [-0.3, -0.25) is 4.40 Å². The zero-order valence-corrected chi connectivity index (χ0v) is 8.43. The Kier molecular flexibility index (Phi) is 2.10. The van der Waals surface area contributed by atoms with Crippen molar-refractivity contribution in [3.05, 3.63) is 24.4 Å². The second-order valence-electron chi connectivity index (χ2n) is 4.00. The summed E-state index contributed by atoms with van der Waals surface area (Å²) in [5, 5.41) is 11.6. The first kappa shape index (κ1) is 8.79. The molecule has 2 aromatic rings. The fourth-order valence-electron chi connectivity index (χ4n) is 1.62. The number of hydrogen-bond donors (Lipinski definition) is 1. The van der Waals surface area contributed by atoms with Crippen LogP contribution in [0.1, 0.15) is 18.7 Å². The van der Waals surface area contributed by atoms with Gasteiger partial charge in [0.05, 0.1) is 6.54 Å². The number of nitrogens with zero attached hydrogens (tertiary/aromatic N) is 4. The minimum Gasteiger partial charge on any atom is -0.310 e. The zero-order valence-electron chi connectivity index (χ0n) is 8.43. The molecule has 0 unspecified atom stereocenters. The Balaban J connectivity index is 1.72. The van der Waals surface area contributed by atoms with Gasteiger partial charge in [-0.05, 0) is 25.3 Å². The topological polar surface area (TPSA) is 55.1 Å². The van der Waals surface area contributed by atoms with Crippen LogP contribution in [-0.4, -0.2) is 26.1 Å². The normalized spacial score (nSPS) is 16.0. The van der Waals surface area contributed by atoms with Crippen LogP contribution in [0.3, 0.4) is 0 Å². The Morgan fingerprint density at radius 3 is 3.20 bits per heavy atom. The largest absolute Gasteiger partial charge is 0.310 e. The lowest BCUT2D eigenvalue weighted by Crippen LogP contribution is -2.18. The molecular weight excluding hydrogens is 190 g/mol. The minimum atomic E-state index is 0.767. The molecular formula is C10H13N5. The van der Waals surface area contributed by atoms with Gasteiger partial charge in [0, 0.05) is 12.3 Å². The van der Waals surface area contributed by atoms with Gasteiger partial charge in [0.1, 0.15) is 6.33 Å². The summed E-state index contributed by atoms with van der Waals surface area (Å²) in [5.41, 5.74) is 0.855. The lowest BCUT2D eigenvalue weighted by molar-refractivity contribution is 0.614. The molecule has 5 nitrogen and oxygen atoms in total. The second kappa shape index (κ2) is 3.58. The summed E-state index contributed by atoms with van der Waals surface area (Å²) in [7, 11) is 0. The van der Waals surface area contributed by atoms with Gasteiger partial charge >= 0.3 is 0 Å². The van der Waals surface area contributed by atoms with E-state index in [9.17, 15) is 0 Å². The number of nitrogens with one attached hydrogen (secondary N) is 1. The highest BCUT2D eigenvalue weighted by molar-refractivity contribution is 5.35. The van der Waals surface area contributed by atoms with Crippen LogP contribution in [0.4, 0.5) is 0 Å². The van der Waals surface area contributed by atoms with Crippen molar-refractivity contribution in [2.24, 2.45) is 5.92 Å². The van der Waals surface area contributed by atoms with E-state index in [2.05, 4.69) is 20.5 Å². The van der Waals surface area contributed by atoms with E-state index in [0.29, 0.717) is 0 Å². The molecule has 1 fully saturated rings. The van der Waals surface area contributed by atoms with Crippen LogP contribution in [0.5, 0.6) is 0 Å². The number of fused-ring (bicyclic) bond motifs is 1. The molecule has 1 aliphatic carbocycles. The molecule has 1 aliphatic rings. The van der Waals surface area contributed by atoms with Crippen LogP contribution < -0.4 is 5.32 Å². The summed E-state index contributed by atoms with van der Waals surface area (Å²) in [4.78, 5) is 4.06. The minimum absolute atomic E-state index is 0.767. The maximum Gasteiger partial charge on any atom is 0.163 e. The third-order valence-corrected chi connectivity index (χ3v) is 2.70. The quantitative estimate of drug-likeness (QED) is 0.791. The second-order valence-corrected chi connectivity index (χ2v) is 4.00. The van der Waals surface area contributed by atoms with Gasteiger partial charge < -0.3 is 5.32 Å². The average molecular weight is 203 g/mol.